The lowest BCUT2D eigenvalue weighted by atomic mass is 10.1. The fraction of sp³-hybridized carbons (Fsp3) is 0.320. The second-order valence-electron chi connectivity index (χ2n) is 7.91. The first-order valence-electron chi connectivity index (χ1n) is 11.2. The van der Waals surface area contributed by atoms with Crippen molar-refractivity contribution in [1.82, 2.24) is 9.80 Å². The van der Waals surface area contributed by atoms with E-state index in [0.717, 1.165) is 10.4 Å². The van der Waals surface area contributed by atoms with Crippen molar-refractivity contribution in [2.45, 2.75) is 19.9 Å². The highest BCUT2D eigenvalue weighted by Crippen LogP contribution is 2.36. The fourth-order valence-electron chi connectivity index (χ4n) is 3.84. The number of anilines is 1. The molecule has 0 radical (unpaired) electrons. The van der Waals surface area contributed by atoms with Gasteiger partial charge in [-0.2, -0.15) is 0 Å². The molecule has 1 aliphatic heterocycles. The maximum Gasteiger partial charge on any atom is 0.341 e. The van der Waals surface area contributed by atoms with Crippen molar-refractivity contribution < 1.29 is 23.5 Å². The molecule has 2 aromatic heterocycles. The first-order chi connectivity index (χ1) is 16.5. The van der Waals surface area contributed by atoms with Gasteiger partial charge in [0.05, 0.1) is 24.5 Å². The molecule has 0 aliphatic carbocycles. The van der Waals surface area contributed by atoms with Crippen molar-refractivity contribution in [1.29, 1.82) is 0 Å². The van der Waals surface area contributed by atoms with Gasteiger partial charge >= 0.3 is 5.97 Å². The quantitative estimate of drug-likeness (QED) is 0.514. The van der Waals surface area contributed by atoms with Gasteiger partial charge in [-0.15, -0.1) is 11.3 Å². The van der Waals surface area contributed by atoms with Gasteiger partial charge < -0.3 is 19.4 Å². The number of benzene rings is 1. The average molecular weight is 482 g/mol. The Balaban J connectivity index is 1.43. The minimum absolute atomic E-state index is 0.146. The summed E-state index contributed by atoms with van der Waals surface area (Å²) in [6.07, 6.45) is 1.48. The SMILES string of the molecule is CCOC(=O)c1cc(-c2ccccc2)sc1NC(=O)[C@@H](C)N1CCN(C(=O)c2ccco2)CC1. The van der Waals surface area contributed by atoms with E-state index in [0.29, 0.717) is 42.5 Å². The third kappa shape index (κ3) is 5.21. The van der Waals surface area contributed by atoms with Gasteiger partial charge in [0.15, 0.2) is 5.76 Å². The number of nitrogens with zero attached hydrogens (tertiary/aromatic N) is 2. The van der Waals surface area contributed by atoms with E-state index < -0.39 is 12.0 Å². The van der Waals surface area contributed by atoms with Crippen LogP contribution in [-0.4, -0.2) is 66.4 Å². The minimum atomic E-state index is -0.464. The average Bonchev–Trinajstić information content (AvgIpc) is 3.55. The summed E-state index contributed by atoms with van der Waals surface area (Å²) in [5.41, 5.74) is 1.31. The number of thiophene rings is 1. The maximum atomic E-state index is 13.1. The van der Waals surface area contributed by atoms with E-state index in [1.807, 2.05) is 42.2 Å². The number of carbonyl (C=O) groups excluding carboxylic acids is 3. The van der Waals surface area contributed by atoms with E-state index in [9.17, 15) is 14.4 Å². The topological polar surface area (TPSA) is 92.1 Å². The molecule has 1 fully saturated rings. The number of hydrogen-bond acceptors (Lipinski definition) is 7. The van der Waals surface area contributed by atoms with E-state index in [4.69, 9.17) is 9.15 Å². The van der Waals surface area contributed by atoms with E-state index in [2.05, 4.69) is 5.32 Å². The zero-order valence-corrected chi connectivity index (χ0v) is 20.0. The summed E-state index contributed by atoms with van der Waals surface area (Å²) < 4.78 is 10.4. The fourth-order valence-corrected chi connectivity index (χ4v) is 4.89. The Hall–Kier alpha value is -3.43. The molecule has 9 heteroatoms. The normalized spacial score (nSPS) is 15.1. The van der Waals surface area contributed by atoms with Gasteiger partial charge in [-0.1, -0.05) is 30.3 Å². The number of piperazine rings is 1. The van der Waals surface area contributed by atoms with Crippen LogP contribution in [0.1, 0.15) is 34.8 Å². The molecule has 1 N–H and O–H groups in total. The molecule has 0 unspecified atom stereocenters. The van der Waals surface area contributed by atoms with E-state index in [1.54, 1.807) is 30.0 Å². The van der Waals surface area contributed by atoms with Gasteiger partial charge in [-0.3, -0.25) is 14.5 Å². The van der Waals surface area contributed by atoms with Crippen LogP contribution in [0.2, 0.25) is 0 Å². The first kappa shape index (κ1) is 23.7. The lowest BCUT2D eigenvalue weighted by molar-refractivity contribution is -0.121. The Morgan fingerprint density at radius 2 is 1.82 bits per heavy atom. The molecule has 4 rings (SSSR count). The summed E-state index contributed by atoms with van der Waals surface area (Å²) in [5.74, 6) is -0.503. The third-order valence-corrected chi connectivity index (χ3v) is 6.88. The number of furan rings is 1. The smallest absolute Gasteiger partial charge is 0.341 e. The summed E-state index contributed by atoms with van der Waals surface area (Å²) in [6.45, 7) is 5.95. The standard InChI is InChI=1S/C25H27N3O5S/c1-3-32-25(31)19-16-21(18-8-5-4-6-9-18)34-23(19)26-22(29)17(2)27-11-13-28(14-12-27)24(30)20-10-7-15-33-20/h4-10,15-17H,3,11-14H2,1-2H3,(H,26,29)/t17-/m1/s1. The molecule has 178 valence electrons. The second kappa shape index (κ2) is 10.7. The molecular weight excluding hydrogens is 454 g/mol. The van der Waals surface area contributed by atoms with Crippen molar-refractivity contribution in [3.05, 3.63) is 66.1 Å². The van der Waals surface area contributed by atoms with Crippen molar-refractivity contribution in [2.75, 3.05) is 38.1 Å². The van der Waals surface area contributed by atoms with Crippen LogP contribution in [0.15, 0.2) is 59.2 Å². The maximum absolute atomic E-state index is 13.1. The molecular formula is C25H27N3O5S. The van der Waals surface area contributed by atoms with E-state index in [1.165, 1.54) is 17.6 Å². The lowest BCUT2D eigenvalue weighted by Crippen LogP contribution is -2.54. The van der Waals surface area contributed by atoms with Crippen molar-refractivity contribution in [3.8, 4) is 10.4 Å². The Bertz CT molecular complexity index is 1130. The van der Waals surface area contributed by atoms with Crippen molar-refractivity contribution in [3.63, 3.8) is 0 Å². The molecule has 1 aromatic carbocycles. The van der Waals surface area contributed by atoms with Crippen molar-refractivity contribution >= 4 is 34.1 Å². The molecule has 1 saturated heterocycles. The van der Waals surface area contributed by atoms with Gasteiger partial charge in [-0.25, -0.2) is 4.79 Å². The highest BCUT2D eigenvalue weighted by molar-refractivity contribution is 7.20. The van der Waals surface area contributed by atoms with Crippen LogP contribution >= 0.6 is 11.3 Å². The van der Waals surface area contributed by atoms with Crippen LogP contribution in [0.5, 0.6) is 0 Å². The van der Waals surface area contributed by atoms with E-state index in [-0.39, 0.29) is 18.4 Å². The summed E-state index contributed by atoms with van der Waals surface area (Å²) in [5, 5.41) is 3.41. The summed E-state index contributed by atoms with van der Waals surface area (Å²) in [4.78, 5) is 42.7. The number of nitrogens with one attached hydrogen (secondary N) is 1. The molecule has 2 amide bonds. The molecule has 0 bridgehead atoms. The molecule has 1 aliphatic rings. The number of esters is 1. The van der Waals surface area contributed by atoms with Crippen LogP contribution < -0.4 is 5.32 Å². The third-order valence-electron chi connectivity index (χ3n) is 5.78. The Morgan fingerprint density at radius 3 is 2.47 bits per heavy atom. The number of ether oxygens (including phenoxy) is 1. The molecule has 3 heterocycles. The lowest BCUT2D eigenvalue weighted by Gasteiger charge is -2.37. The van der Waals surface area contributed by atoms with Gasteiger partial charge in [0, 0.05) is 31.1 Å². The van der Waals surface area contributed by atoms with Gasteiger partial charge in [0.1, 0.15) is 5.00 Å². The number of amides is 2. The molecule has 34 heavy (non-hydrogen) atoms. The molecule has 0 spiro atoms. The van der Waals surface area contributed by atoms with Gasteiger partial charge in [0.2, 0.25) is 5.91 Å². The highest BCUT2D eigenvalue weighted by Gasteiger charge is 2.30. The predicted molar refractivity (Wildman–Crippen MR) is 130 cm³/mol. The zero-order chi connectivity index (χ0) is 24.1. The molecule has 1 atom stereocenters. The van der Waals surface area contributed by atoms with Gasteiger partial charge in [-0.05, 0) is 37.6 Å². The summed E-state index contributed by atoms with van der Waals surface area (Å²) in [7, 11) is 0. The predicted octanol–water partition coefficient (Wildman–Crippen LogP) is 3.97. The molecule has 0 saturated carbocycles. The number of rotatable bonds is 7. The Labute approximate surface area is 202 Å². The van der Waals surface area contributed by atoms with Gasteiger partial charge in [0.25, 0.3) is 5.91 Å². The summed E-state index contributed by atoms with van der Waals surface area (Å²) >= 11 is 1.35. The van der Waals surface area contributed by atoms with Crippen LogP contribution in [0.25, 0.3) is 10.4 Å². The molecule has 3 aromatic rings. The Kier molecular flexibility index (Phi) is 7.44. The van der Waals surface area contributed by atoms with E-state index >= 15 is 0 Å². The number of hydrogen-bond donors (Lipinski definition) is 1. The Morgan fingerprint density at radius 1 is 1.09 bits per heavy atom. The zero-order valence-electron chi connectivity index (χ0n) is 19.2. The van der Waals surface area contributed by atoms with Crippen LogP contribution in [0.3, 0.4) is 0 Å². The minimum Gasteiger partial charge on any atom is -0.462 e. The van der Waals surface area contributed by atoms with Crippen LogP contribution in [0.4, 0.5) is 5.00 Å². The summed E-state index contributed by atoms with van der Waals surface area (Å²) in [6, 6.07) is 14.4. The van der Waals surface area contributed by atoms with Crippen LogP contribution in [-0.2, 0) is 9.53 Å². The first-order valence-corrected chi connectivity index (χ1v) is 12.0. The largest absolute Gasteiger partial charge is 0.462 e. The van der Waals surface area contributed by atoms with Crippen molar-refractivity contribution in [2.24, 2.45) is 0 Å². The van der Waals surface area contributed by atoms with Crippen LogP contribution in [0, 0.1) is 0 Å². The highest BCUT2D eigenvalue weighted by atomic mass is 32.1. The second-order valence-corrected chi connectivity index (χ2v) is 8.96. The number of carbonyl (C=O) groups is 3. The monoisotopic (exact) mass is 481 g/mol. The molecule has 8 nitrogen and oxygen atoms in total.